The molecule has 0 spiro atoms. The average Bonchev–Trinajstić information content (AvgIpc) is 3.41. The molecule has 2 aliphatic rings. The molecule has 3 heterocycles. The molecule has 1 saturated heterocycles. The summed E-state index contributed by atoms with van der Waals surface area (Å²) in [6.45, 7) is 8.85. The van der Waals surface area contributed by atoms with E-state index in [0.29, 0.717) is 18.2 Å². The normalized spacial score (nSPS) is 20.5. The molecule has 2 fully saturated rings. The van der Waals surface area contributed by atoms with Crippen LogP contribution in [0.4, 0.5) is 21.8 Å². The number of nitrogens with one attached hydrogen (secondary N) is 3. The summed E-state index contributed by atoms with van der Waals surface area (Å²) in [6.07, 6.45) is 4.94. The van der Waals surface area contributed by atoms with Crippen molar-refractivity contribution in [2.45, 2.75) is 37.8 Å². The highest BCUT2D eigenvalue weighted by atomic mass is 32.1. The SMILES string of the molecule is C=CC(=O)N[C@H]1CC[C@@H](Nc2nc(Nc3ccc(OCCN4CCN(C)CC4)c(F)c3)nc3ccsc23)CC1. The van der Waals surface area contributed by atoms with Crippen LogP contribution in [0.15, 0.2) is 42.3 Å². The van der Waals surface area contributed by atoms with Gasteiger partial charge in [0.25, 0.3) is 0 Å². The monoisotopic (exact) mass is 553 g/mol. The number of carbonyl (C=O) groups excluding carboxylic acids is 1. The number of piperazine rings is 1. The standard InChI is InChI=1S/C28H36FN7O2S/c1-3-25(37)30-19-4-6-20(7-5-19)31-27-26-23(10-17-39-26)33-28(34-27)32-21-8-9-24(22(29)18-21)38-16-15-36-13-11-35(2)12-14-36/h3,8-10,17-20H,1,4-7,11-16H2,2H3,(H,30,37)(H2,31,32,33,34)/t19-,20+. The number of thiophene rings is 1. The fourth-order valence-corrected chi connectivity index (χ4v) is 5.82. The molecule has 0 bridgehead atoms. The van der Waals surface area contributed by atoms with Gasteiger partial charge < -0.3 is 25.6 Å². The minimum absolute atomic E-state index is 0.125. The first-order chi connectivity index (χ1) is 19.0. The Morgan fingerprint density at radius 1 is 1.15 bits per heavy atom. The van der Waals surface area contributed by atoms with Gasteiger partial charge in [-0.05, 0) is 62.4 Å². The molecular weight excluding hydrogens is 517 g/mol. The van der Waals surface area contributed by atoms with Gasteiger partial charge in [0.05, 0.1) is 10.2 Å². The Hall–Kier alpha value is -3.28. The largest absolute Gasteiger partial charge is 0.489 e. The topological polar surface area (TPSA) is 94.6 Å². The van der Waals surface area contributed by atoms with E-state index in [9.17, 15) is 9.18 Å². The smallest absolute Gasteiger partial charge is 0.243 e. The lowest BCUT2D eigenvalue weighted by Crippen LogP contribution is -2.45. The van der Waals surface area contributed by atoms with E-state index >= 15 is 0 Å². The molecule has 1 aliphatic heterocycles. The molecule has 1 aromatic carbocycles. The second-order valence-electron chi connectivity index (χ2n) is 10.2. The van der Waals surface area contributed by atoms with Gasteiger partial charge in [-0.2, -0.15) is 4.98 Å². The fraction of sp³-hybridized carbons (Fsp3) is 0.464. The zero-order chi connectivity index (χ0) is 27.2. The van der Waals surface area contributed by atoms with Gasteiger partial charge in [0.1, 0.15) is 12.4 Å². The Bertz CT molecular complexity index is 1290. The van der Waals surface area contributed by atoms with Crippen molar-refractivity contribution in [1.82, 2.24) is 25.1 Å². The van der Waals surface area contributed by atoms with Crippen LogP contribution in [0, 0.1) is 5.82 Å². The van der Waals surface area contributed by atoms with E-state index in [1.54, 1.807) is 23.5 Å². The van der Waals surface area contributed by atoms with Crippen molar-refractivity contribution in [3.63, 3.8) is 0 Å². The van der Waals surface area contributed by atoms with Crippen LogP contribution in [0.25, 0.3) is 10.2 Å². The van der Waals surface area contributed by atoms with E-state index in [2.05, 4.69) is 44.4 Å². The number of aromatic nitrogens is 2. The van der Waals surface area contributed by atoms with Gasteiger partial charge >= 0.3 is 0 Å². The molecule has 39 heavy (non-hydrogen) atoms. The maximum absolute atomic E-state index is 14.8. The second kappa shape index (κ2) is 12.7. The predicted octanol–water partition coefficient (Wildman–Crippen LogP) is 4.23. The Morgan fingerprint density at radius 2 is 1.92 bits per heavy atom. The number of hydrogen-bond donors (Lipinski definition) is 3. The van der Waals surface area contributed by atoms with Crippen molar-refractivity contribution in [3.05, 3.63) is 48.1 Å². The van der Waals surface area contributed by atoms with E-state index < -0.39 is 5.82 Å². The van der Waals surface area contributed by atoms with E-state index in [4.69, 9.17) is 9.72 Å². The van der Waals surface area contributed by atoms with Crippen LogP contribution in [0.1, 0.15) is 25.7 Å². The fourth-order valence-electron chi connectivity index (χ4n) is 5.03. The summed E-state index contributed by atoms with van der Waals surface area (Å²) in [6, 6.07) is 7.21. The lowest BCUT2D eigenvalue weighted by molar-refractivity contribution is -0.117. The van der Waals surface area contributed by atoms with Gasteiger partial charge in [-0.3, -0.25) is 9.69 Å². The van der Waals surface area contributed by atoms with Gasteiger partial charge in [0.2, 0.25) is 11.9 Å². The summed E-state index contributed by atoms with van der Waals surface area (Å²) >= 11 is 1.59. The first kappa shape index (κ1) is 27.3. The molecule has 1 saturated carbocycles. The molecule has 2 aromatic heterocycles. The summed E-state index contributed by atoms with van der Waals surface area (Å²) in [7, 11) is 2.12. The van der Waals surface area contributed by atoms with Crippen LogP contribution < -0.4 is 20.7 Å². The van der Waals surface area contributed by atoms with Crippen LogP contribution in [-0.2, 0) is 4.79 Å². The van der Waals surface area contributed by atoms with Crippen LogP contribution >= 0.6 is 11.3 Å². The Morgan fingerprint density at radius 3 is 2.67 bits per heavy atom. The summed E-state index contributed by atoms with van der Waals surface area (Å²) < 4.78 is 21.5. The molecule has 9 nitrogen and oxygen atoms in total. The number of likely N-dealkylation sites (N-methyl/N-ethyl adjacent to an activating group) is 1. The minimum Gasteiger partial charge on any atom is -0.489 e. The van der Waals surface area contributed by atoms with Crippen LogP contribution in [-0.4, -0.2) is 84.1 Å². The molecule has 5 rings (SSSR count). The quantitative estimate of drug-likeness (QED) is 0.321. The number of benzene rings is 1. The van der Waals surface area contributed by atoms with Crippen molar-refractivity contribution in [2.75, 3.05) is 57.0 Å². The third-order valence-corrected chi connectivity index (χ3v) is 8.26. The molecule has 3 N–H and O–H groups in total. The lowest BCUT2D eigenvalue weighted by Gasteiger charge is -2.32. The van der Waals surface area contributed by atoms with E-state index in [1.807, 2.05) is 11.4 Å². The Labute approximate surface area is 232 Å². The highest BCUT2D eigenvalue weighted by molar-refractivity contribution is 7.17. The van der Waals surface area contributed by atoms with E-state index in [0.717, 1.165) is 74.4 Å². The lowest BCUT2D eigenvalue weighted by atomic mass is 9.91. The number of anilines is 3. The molecule has 0 unspecified atom stereocenters. The summed E-state index contributed by atoms with van der Waals surface area (Å²) in [5.41, 5.74) is 1.38. The third-order valence-electron chi connectivity index (χ3n) is 7.35. The zero-order valence-electron chi connectivity index (χ0n) is 22.3. The van der Waals surface area contributed by atoms with Gasteiger partial charge in [-0.1, -0.05) is 6.58 Å². The molecule has 1 amide bonds. The van der Waals surface area contributed by atoms with Crippen molar-refractivity contribution in [2.24, 2.45) is 0 Å². The van der Waals surface area contributed by atoms with Gasteiger partial charge in [0, 0.05) is 56.6 Å². The van der Waals surface area contributed by atoms with Crippen molar-refractivity contribution < 1.29 is 13.9 Å². The van der Waals surface area contributed by atoms with Gasteiger partial charge in [-0.15, -0.1) is 11.3 Å². The molecule has 11 heteroatoms. The molecule has 3 aromatic rings. The van der Waals surface area contributed by atoms with Crippen LogP contribution in [0.5, 0.6) is 5.75 Å². The number of rotatable bonds is 10. The van der Waals surface area contributed by atoms with E-state index in [-0.39, 0.29) is 23.7 Å². The maximum Gasteiger partial charge on any atom is 0.243 e. The molecule has 208 valence electrons. The average molecular weight is 554 g/mol. The number of fused-ring (bicyclic) bond motifs is 1. The van der Waals surface area contributed by atoms with Crippen molar-refractivity contribution in [3.8, 4) is 5.75 Å². The number of carbonyl (C=O) groups is 1. The molecule has 0 atom stereocenters. The van der Waals surface area contributed by atoms with Crippen LogP contribution in [0.3, 0.4) is 0 Å². The predicted molar refractivity (Wildman–Crippen MR) is 155 cm³/mol. The van der Waals surface area contributed by atoms with Crippen molar-refractivity contribution in [1.29, 1.82) is 0 Å². The first-order valence-corrected chi connectivity index (χ1v) is 14.4. The third kappa shape index (κ3) is 7.23. The Balaban J connectivity index is 1.19. The highest BCUT2D eigenvalue weighted by Crippen LogP contribution is 2.31. The summed E-state index contributed by atoms with van der Waals surface area (Å²) in [5.74, 6) is 0.860. The van der Waals surface area contributed by atoms with Gasteiger partial charge in [0.15, 0.2) is 11.6 Å². The van der Waals surface area contributed by atoms with Gasteiger partial charge in [-0.25, -0.2) is 9.37 Å². The zero-order valence-corrected chi connectivity index (χ0v) is 23.1. The first-order valence-electron chi connectivity index (χ1n) is 13.5. The summed E-state index contributed by atoms with van der Waals surface area (Å²) in [5, 5.41) is 11.7. The number of halogens is 1. The number of amides is 1. The number of hydrogen-bond acceptors (Lipinski definition) is 9. The summed E-state index contributed by atoms with van der Waals surface area (Å²) in [4.78, 5) is 25.6. The maximum atomic E-state index is 14.8. The van der Waals surface area contributed by atoms with Crippen molar-refractivity contribution >= 4 is 44.9 Å². The van der Waals surface area contributed by atoms with E-state index in [1.165, 1.54) is 12.1 Å². The molecule has 1 aliphatic carbocycles. The number of nitrogens with zero attached hydrogens (tertiary/aromatic N) is 4. The molecular formula is C28H36FN7O2S. The highest BCUT2D eigenvalue weighted by Gasteiger charge is 2.23. The number of ether oxygens (including phenoxy) is 1. The minimum atomic E-state index is -0.423. The molecule has 0 radical (unpaired) electrons. The second-order valence-corrected chi connectivity index (χ2v) is 11.1. The Kier molecular flexibility index (Phi) is 8.90. The van der Waals surface area contributed by atoms with Crippen LogP contribution in [0.2, 0.25) is 0 Å².